The molecule has 3 N–H and O–H groups in total. The summed E-state index contributed by atoms with van der Waals surface area (Å²) in [7, 11) is 1.57. The molecule has 1 aliphatic heterocycles. The standard InChI is InChI=1S/C22H34N4O5/c1-21(2,3)31-20(28)24-12-18(27)25-16-13-26(14-16)17-7-9-22(29,10-8-17)15-5-6-19(30-4)23-11-15/h5-6,11,16-17,29H,7-10,12-14H2,1-4H3,(H,24,28)(H,25,27). The van der Waals surface area contributed by atoms with Gasteiger partial charge in [0.1, 0.15) is 12.1 Å². The minimum absolute atomic E-state index is 0.0829. The van der Waals surface area contributed by atoms with Crippen molar-refractivity contribution in [3.8, 4) is 5.88 Å². The molecule has 1 aromatic heterocycles. The maximum atomic E-state index is 12.0. The lowest BCUT2D eigenvalue weighted by atomic mass is 9.77. The van der Waals surface area contributed by atoms with Crippen LogP contribution in [-0.2, 0) is 15.1 Å². The van der Waals surface area contributed by atoms with E-state index in [1.807, 2.05) is 6.07 Å². The average Bonchev–Trinajstić information content (AvgIpc) is 2.68. The second-order valence-corrected chi connectivity index (χ2v) is 9.43. The second-order valence-electron chi connectivity index (χ2n) is 9.43. The summed E-state index contributed by atoms with van der Waals surface area (Å²) in [5.74, 6) is 0.316. The van der Waals surface area contributed by atoms with Gasteiger partial charge in [-0.2, -0.15) is 0 Å². The zero-order valence-corrected chi connectivity index (χ0v) is 18.8. The summed E-state index contributed by atoms with van der Waals surface area (Å²) >= 11 is 0. The molecule has 0 aromatic carbocycles. The molecule has 0 radical (unpaired) electrons. The smallest absolute Gasteiger partial charge is 0.408 e. The van der Waals surface area contributed by atoms with Crippen LogP contribution in [0.3, 0.4) is 0 Å². The van der Waals surface area contributed by atoms with Gasteiger partial charge in [0, 0.05) is 37.0 Å². The fourth-order valence-corrected chi connectivity index (χ4v) is 4.16. The number of aliphatic hydroxyl groups is 1. The SMILES string of the molecule is COc1ccc(C2(O)CCC(N3CC(NC(=O)CNC(=O)OC(C)(C)C)C3)CC2)cn1. The topological polar surface area (TPSA) is 113 Å². The third-order valence-electron chi connectivity index (χ3n) is 5.85. The van der Waals surface area contributed by atoms with Gasteiger partial charge in [-0.1, -0.05) is 0 Å². The quantitative estimate of drug-likeness (QED) is 0.622. The lowest BCUT2D eigenvalue weighted by molar-refractivity contribution is -0.122. The van der Waals surface area contributed by atoms with Crippen molar-refractivity contribution in [3.63, 3.8) is 0 Å². The molecular weight excluding hydrogens is 400 g/mol. The number of carbonyl (C=O) groups excluding carboxylic acids is 2. The van der Waals surface area contributed by atoms with Crippen LogP contribution in [0.25, 0.3) is 0 Å². The van der Waals surface area contributed by atoms with Gasteiger partial charge in [0.2, 0.25) is 11.8 Å². The summed E-state index contributed by atoms with van der Waals surface area (Å²) < 4.78 is 10.2. The Morgan fingerprint density at radius 3 is 2.48 bits per heavy atom. The first-order valence-corrected chi connectivity index (χ1v) is 10.8. The third-order valence-corrected chi connectivity index (χ3v) is 5.85. The number of methoxy groups -OCH3 is 1. The summed E-state index contributed by atoms with van der Waals surface area (Å²) in [6, 6.07) is 4.14. The number of nitrogens with one attached hydrogen (secondary N) is 2. The number of hydrogen-bond donors (Lipinski definition) is 3. The van der Waals surface area contributed by atoms with Gasteiger partial charge in [-0.25, -0.2) is 9.78 Å². The highest BCUT2D eigenvalue weighted by atomic mass is 16.6. The molecule has 0 spiro atoms. The lowest BCUT2D eigenvalue weighted by Gasteiger charge is -2.48. The van der Waals surface area contributed by atoms with Crippen molar-refractivity contribution in [2.24, 2.45) is 0 Å². The summed E-state index contributed by atoms with van der Waals surface area (Å²) in [6.45, 7) is 6.79. The first-order valence-electron chi connectivity index (χ1n) is 10.8. The normalized spacial score (nSPS) is 24.7. The molecule has 31 heavy (non-hydrogen) atoms. The number of hydrogen-bond acceptors (Lipinski definition) is 7. The van der Waals surface area contributed by atoms with E-state index in [4.69, 9.17) is 9.47 Å². The second kappa shape index (κ2) is 9.40. The maximum Gasteiger partial charge on any atom is 0.408 e. The minimum Gasteiger partial charge on any atom is -0.481 e. The summed E-state index contributed by atoms with van der Waals surface area (Å²) in [5.41, 5.74) is -0.606. The highest BCUT2D eigenvalue weighted by Gasteiger charge is 2.40. The molecule has 1 saturated carbocycles. The largest absolute Gasteiger partial charge is 0.481 e. The van der Waals surface area contributed by atoms with Crippen molar-refractivity contribution in [1.29, 1.82) is 0 Å². The highest BCUT2D eigenvalue weighted by Crippen LogP contribution is 2.39. The number of amides is 2. The van der Waals surface area contributed by atoms with Crippen molar-refractivity contribution < 1.29 is 24.2 Å². The number of rotatable bonds is 6. The average molecular weight is 435 g/mol. The molecule has 0 bridgehead atoms. The predicted octanol–water partition coefficient (Wildman–Crippen LogP) is 1.55. The number of nitrogens with zero attached hydrogens (tertiary/aromatic N) is 2. The molecule has 172 valence electrons. The van der Waals surface area contributed by atoms with Crippen LogP contribution < -0.4 is 15.4 Å². The lowest BCUT2D eigenvalue weighted by Crippen LogP contribution is -2.63. The number of pyridine rings is 1. The van der Waals surface area contributed by atoms with E-state index >= 15 is 0 Å². The van der Waals surface area contributed by atoms with Crippen LogP contribution in [0.5, 0.6) is 5.88 Å². The van der Waals surface area contributed by atoms with Gasteiger partial charge < -0.3 is 25.2 Å². The molecule has 3 rings (SSSR count). The van der Waals surface area contributed by atoms with Crippen molar-refractivity contribution >= 4 is 12.0 Å². The zero-order valence-electron chi connectivity index (χ0n) is 18.8. The molecule has 9 nitrogen and oxygen atoms in total. The van der Waals surface area contributed by atoms with Gasteiger partial charge in [0.25, 0.3) is 0 Å². The number of ether oxygens (including phenoxy) is 2. The summed E-state index contributed by atoms with van der Waals surface area (Å²) in [4.78, 5) is 30.2. The maximum absolute atomic E-state index is 12.0. The summed E-state index contributed by atoms with van der Waals surface area (Å²) in [5, 5.41) is 16.4. The monoisotopic (exact) mass is 434 g/mol. The Morgan fingerprint density at radius 1 is 1.26 bits per heavy atom. The van der Waals surface area contributed by atoms with Crippen LogP contribution in [0, 0.1) is 0 Å². The van der Waals surface area contributed by atoms with Crippen molar-refractivity contribution in [1.82, 2.24) is 20.5 Å². The summed E-state index contributed by atoms with van der Waals surface area (Å²) in [6.07, 6.45) is 4.24. The van der Waals surface area contributed by atoms with Crippen LogP contribution in [0.2, 0.25) is 0 Å². The Morgan fingerprint density at radius 2 is 1.94 bits per heavy atom. The van der Waals surface area contributed by atoms with E-state index in [1.165, 1.54) is 0 Å². The highest BCUT2D eigenvalue weighted by molar-refractivity contribution is 5.82. The third kappa shape index (κ3) is 6.30. The van der Waals surface area contributed by atoms with Crippen LogP contribution in [0.1, 0.15) is 52.0 Å². The molecular formula is C22H34N4O5. The van der Waals surface area contributed by atoms with Gasteiger partial charge in [-0.3, -0.25) is 9.69 Å². The van der Waals surface area contributed by atoms with Crippen LogP contribution in [0.4, 0.5) is 4.79 Å². The van der Waals surface area contributed by atoms with Gasteiger partial charge in [0.15, 0.2) is 0 Å². The number of alkyl carbamates (subject to hydrolysis) is 1. The van der Waals surface area contributed by atoms with E-state index in [9.17, 15) is 14.7 Å². The van der Waals surface area contributed by atoms with Crippen molar-refractivity contribution in [3.05, 3.63) is 23.9 Å². The Balaban J connectivity index is 1.36. The predicted molar refractivity (Wildman–Crippen MR) is 115 cm³/mol. The van der Waals surface area contributed by atoms with E-state index in [0.717, 1.165) is 31.5 Å². The molecule has 9 heteroatoms. The number of carbonyl (C=O) groups is 2. The van der Waals surface area contributed by atoms with Gasteiger partial charge in [-0.15, -0.1) is 0 Å². The van der Waals surface area contributed by atoms with Crippen molar-refractivity contribution in [2.75, 3.05) is 26.7 Å². The molecule has 0 atom stereocenters. The molecule has 0 unspecified atom stereocenters. The first kappa shape index (κ1) is 23.3. The molecule has 2 heterocycles. The van der Waals surface area contributed by atoms with E-state index in [2.05, 4.69) is 20.5 Å². The Hall–Kier alpha value is -2.39. The Labute approximate surface area is 183 Å². The molecule has 1 saturated heterocycles. The molecule has 2 amide bonds. The van der Waals surface area contributed by atoms with E-state index < -0.39 is 17.3 Å². The molecule has 2 aliphatic rings. The van der Waals surface area contributed by atoms with E-state index in [0.29, 0.717) is 24.8 Å². The zero-order chi connectivity index (χ0) is 22.6. The van der Waals surface area contributed by atoms with Gasteiger partial charge >= 0.3 is 6.09 Å². The van der Waals surface area contributed by atoms with Crippen LogP contribution in [0.15, 0.2) is 18.3 Å². The molecule has 1 aliphatic carbocycles. The number of likely N-dealkylation sites (tertiary alicyclic amines) is 1. The van der Waals surface area contributed by atoms with Crippen LogP contribution in [-0.4, -0.2) is 71.4 Å². The Kier molecular flexibility index (Phi) is 7.06. The van der Waals surface area contributed by atoms with E-state index in [-0.39, 0.29) is 18.5 Å². The van der Waals surface area contributed by atoms with Crippen molar-refractivity contribution in [2.45, 2.75) is 69.7 Å². The molecule has 2 fully saturated rings. The van der Waals surface area contributed by atoms with Gasteiger partial charge in [-0.05, 0) is 52.5 Å². The number of aromatic nitrogens is 1. The Bertz CT molecular complexity index is 763. The van der Waals surface area contributed by atoms with Gasteiger partial charge in [0.05, 0.1) is 18.8 Å². The first-order chi connectivity index (χ1) is 14.6. The molecule has 1 aromatic rings. The van der Waals surface area contributed by atoms with Crippen LogP contribution >= 0.6 is 0 Å². The van der Waals surface area contributed by atoms with E-state index in [1.54, 1.807) is 40.1 Å². The fourth-order valence-electron chi connectivity index (χ4n) is 4.16. The minimum atomic E-state index is -0.846. The fraction of sp³-hybridized carbons (Fsp3) is 0.682.